The Bertz CT molecular complexity index is 909. The van der Waals surface area contributed by atoms with E-state index in [0.29, 0.717) is 22.7 Å². The second-order valence-electron chi connectivity index (χ2n) is 7.11. The highest BCUT2D eigenvalue weighted by Gasteiger charge is 2.16. The molecule has 2 heterocycles. The lowest BCUT2D eigenvalue weighted by atomic mass is 10.1. The van der Waals surface area contributed by atoms with E-state index < -0.39 is 11.2 Å². The second kappa shape index (κ2) is 11.5. The number of imidazole rings is 1. The Kier molecular flexibility index (Phi) is 9.38. The number of aromatic nitrogens is 4. The van der Waals surface area contributed by atoms with Crippen LogP contribution in [-0.4, -0.2) is 24.9 Å². The van der Waals surface area contributed by atoms with Crippen LogP contribution >= 0.6 is 23.4 Å². The van der Waals surface area contributed by atoms with Gasteiger partial charge in [-0.3, -0.25) is 14.3 Å². The van der Waals surface area contributed by atoms with Gasteiger partial charge in [-0.25, -0.2) is 9.78 Å². The highest BCUT2D eigenvalue weighted by atomic mass is 35.5. The molecule has 0 atom stereocenters. The number of thioether (sulfide) groups is 1. The van der Waals surface area contributed by atoms with Gasteiger partial charge in [-0.2, -0.15) is 0 Å². The predicted octanol–water partition coefficient (Wildman–Crippen LogP) is 4.80. The van der Waals surface area contributed by atoms with E-state index in [4.69, 9.17) is 11.6 Å². The maximum absolute atomic E-state index is 12.4. The number of halogens is 1. The summed E-state index contributed by atoms with van der Waals surface area (Å²) in [5.41, 5.74) is -0.0431. The molecule has 0 spiro atoms. The summed E-state index contributed by atoms with van der Waals surface area (Å²) in [6.07, 6.45) is 12.0. The van der Waals surface area contributed by atoms with E-state index >= 15 is 0 Å². The summed E-state index contributed by atoms with van der Waals surface area (Å²) in [4.78, 5) is 31.2. The van der Waals surface area contributed by atoms with Gasteiger partial charge in [-0.15, -0.1) is 0 Å². The summed E-state index contributed by atoms with van der Waals surface area (Å²) in [6.45, 7) is 4.49. The third-order valence-electron chi connectivity index (χ3n) is 4.76. The van der Waals surface area contributed by atoms with Crippen molar-refractivity contribution in [3.05, 3.63) is 31.9 Å². The Balaban J connectivity index is 2.05. The number of allylic oxidation sites excluding steroid dienone is 2. The zero-order chi connectivity index (χ0) is 20.5. The van der Waals surface area contributed by atoms with Crippen molar-refractivity contribution >= 4 is 34.5 Å². The van der Waals surface area contributed by atoms with Gasteiger partial charge in [0.05, 0.1) is 0 Å². The zero-order valence-corrected chi connectivity index (χ0v) is 18.7. The van der Waals surface area contributed by atoms with Crippen molar-refractivity contribution in [3.8, 4) is 0 Å². The van der Waals surface area contributed by atoms with Gasteiger partial charge in [-0.05, 0) is 13.3 Å². The number of nitrogens with zero attached hydrogens (tertiary/aromatic N) is 3. The van der Waals surface area contributed by atoms with Crippen LogP contribution in [0.5, 0.6) is 0 Å². The van der Waals surface area contributed by atoms with Gasteiger partial charge in [0.2, 0.25) is 0 Å². The number of fused-ring (bicyclic) bond motifs is 1. The van der Waals surface area contributed by atoms with E-state index in [1.54, 1.807) is 25.7 Å². The predicted molar refractivity (Wildman–Crippen MR) is 119 cm³/mol. The number of unbranched alkanes of at least 4 members (excludes halogenated alkanes) is 7. The highest BCUT2D eigenvalue weighted by Crippen LogP contribution is 2.23. The van der Waals surface area contributed by atoms with E-state index in [1.807, 2.05) is 10.6 Å². The fraction of sp³-hybridized carbons (Fsp3) is 0.650. The van der Waals surface area contributed by atoms with Crippen LogP contribution in [0.25, 0.3) is 11.2 Å². The lowest BCUT2D eigenvalue weighted by Gasteiger charge is -2.06. The molecule has 6 nitrogen and oxygen atoms in total. The summed E-state index contributed by atoms with van der Waals surface area (Å²) >= 11 is 7.61. The first-order valence-electron chi connectivity index (χ1n) is 10.1. The lowest BCUT2D eigenvalue weighted by Crippen LogP contribution is -2.29. The molecule has 2 aromatic rings. The molecular formula is C20H31ClN4O2S. The Hall–Kier alpha value is -1.47. The molecule has 0 saturated carbocycles. The van der Waals surface area contributed by atoms with E-state index in [2.05, 4.69) is 16.9 Å². The first-order chi connectivity index (χ1) is 13.5. The van der Waals surface area contributed by atoms with Crippen LogP contribution in [0.1, 0.15) is 65.2 Å². The van der Waals surface area contributed by atoms with Crippen LogP contribution in [0.3, 0.4) is 0 Å². The highest BCUT2D eigenvalue weighted by molar-refractivity contribution is 7.99. The fourth-order valence-electron chi connectivity index (χ4n) is 3.11. The molecule has 156 valence electrons. The van der Waals surface area contributed by atoms with Crippen molar-refractivity contribution in [1.29, 1.82) is 0 Å². The normalized spacial score (nSPS) is 12.2. The minimum absolute atomic E-state index is 0.410. The molecule has 0 fully saturated rings. The summed E-state index contributed by atoms with van der Waals surface area (Å²) in [5.74, 6) is 0.938. The Morgan fingerprint density at radius 1 is 1.14 bits per heavy atom. The molecule has 0 unspecified atom stereocenters. The number of aromatic amines is 1. The minimum atomic E-state index is -0.453. The van der Waals surface area contributed by atoms with Gasteiger partial charge in [0, 0.05) is 24.4 Å². The topological polar surface area (TPSA) is 72.7 Å². The van der Waals surface area contributed by atoms with Gasteiger partial charge < -0.3 is 4.57 Å². The van der Waals surface area contributed by atoms with Crippen LogP contribution in [-0.2, 0) is 13.6 Å². The lowest BCUT2D eigenvalue weighted by molar-refractivity contribution is 0.586. The van der Waals surface area contributed by atoms with Gasteiger partial charge in [0.15, 0.2) is 16.3 Å². The smallest absolute Gasteiger partial charge is 0.309 e. The van der Waals surface area contributed by atoms with Crippen LogP contribution < -0.4 is 11.2 Å². The van der Waals surface area contributed by atoms with Gasteiger partial charge in [0.1, 0.15) is 0 Å². The SMILES string of the molecule is CCCCCCCCCCSc1nc2c(c(=O)[nH]c(=O)n2C)n1C/C=C(\C)Cl. The molecule has 2 rings (SSSR count). The monoisotopic (exact) mass is 426 g/mol. The molecule has 0 aliphatic heterocycles. The Morgan fingerprint density at radius 3 is 2.43 bits per heavy atom. The molecule has 0 aliphatic rings. The standard InChI is InChI=1S/C20H31ClN4O2S/c1-4-5-6-7-8-9-10-11-14-28-20-22-17-16(25(20)13-12-15(2)21)18(26)23-19(27)24(17)3/h12H,4-11,13-14H2,1-3H3,(H,23,26,27)/b15-12+. The average molecular weight is 427 g/mol. The van der Waals surface area contributed by atoms with E-state index in [9.17, 15) is 9.59 Å². The molecule has 2 aromatic heterocycles. The first kappa shape index (κ1) is 22.8. The minimum Gasteiger partial charge on any atom is -0.309 e. The summed E-state index contributed by atoms with van der Waals surface area (Å²) in [5, 5.41) is 1.40. The molecule has 0 bridgehead atoms. The molecule has 8 heteroatoms. The van der Waals surface area contributed by atoms with Crippen molar-refractivity contribution in [2.24, 2.45) is 7.05 Å². The molecular weight excluding hydrogens is 396 g/mol. The van der Waals surface area contributed by atoms with E-state index in [1.165, 1.54) is 49.5 Å². The van der Waals surface area contributed by atoms with Crippen molar-refractivity contribution in [2.75, 3.05) is 5.75 Å². The molecule has 0 radical (unpaired) electrons. The van der Waals surface area contributed by atoms with Crippen molar-refractivity contribution in [3.63, 3.8) is 0 Å². The zero-order valence-electron chi connectivity index (χ0n) is 17.1. The molecule has 28 heavy (non-hydrogen) atoms. The van der Waals surface area contributed by atoms with Crippen LogP contribution in [0.2, 0.25) is 0 Å². The molecule has 0 amide bonds. The molecule has 1 N–H and O–H groups in total. The van der Waals surface area contributed by atoms with Crippen molar-refractivity contribution in [2.45, 2.75) is 76.9 Å². The summed E-state index contributed by atoms with van der Waals surface area (Å²) in [6, 6.07) is 0. The van der Waals surface area contributed by atoms with Gasteiger partial charge in [-0.1, -0.05) is 81.3 Å². The molecule has 0 saturated heterocycles. The summed E-state index contributed by atoms with van der Waals surface area (Å²) in [7, 11) is 1.62. The maximum atomic E-state index is 12.4. The van der Waals surface area contributed by atoms with Crippen molar-refractivity contribution < 1.29 is 0 Å². The van der Waals surface area contributed by atoms with E-state index in [0.717, 1.165) is 17.3 Å². The van der Waals surface area contributed by atoms with Crippen LogP contribution in [0, 0.1) is 0 Å². The Labute approximate surface area is 175 Å². The summed E-state index contributed by atoms with van der Waals surface area (Å²) < 4.78 is 3.22. The van der Waals surface area contributed by atoms with Gasteiger partial charge in [0.25, 0.3) is 5.56 Å². The number of nitrogens with one attached hydrogen (secondary N) is 1. The quantitative estimate of drug-likeness (QED) is 0.391. The number of hydrogen-bond acceptors (Lipinski definition) is 4. The van der Waals surface area contributed by atoms with E-state index in [-0.39, 0.29) is 0 Å². The number of aryl methyl sites for hydroxylation is 1. The maximum Gasteiger partial charge on any atom is 0.329 e. The third kappa shape index (κ3) is 6.27. The fourth-order valence-corrected chi connectivity index (χ4v) is 4.18. The molecule has 0 aliphatic carbocycles. The van der Waals surface area contributed by atoms with Crippen molar-refractivity contribution in [1.82, 2.24) is 19.1 Å². The number of hydrogen-bond donors (Lipinski definition) is 1. The number of H-pyrrole nitrogens is 1. The Morgan fingerprint density at radius 2 is 1.79 bits per heavy atom. The first-order valence-corrected chi connectivity index (χ1v) is 11.5. The second-order valence-corrected chi connectivity index (χ2v) is 8.77. The largest absolute Gasteiger partial charge is 0.329 e. The number of rotatable bonds is 12. The van der Waals surface area contributed by atoms with Crippen LogP contribution in [0.15, 0.2) is 25.9 Å². The third-order valence-corrected chi connectivity index (χ3v) is 5.97. The van der Waals surface area contributed by atoms with Crippen LogP contribution in [0.4, 0.5) is 0 Å². The van der Waals surface area contributed by atoms with Gasteiger partial charge >= 0.3 is 5.69 Å². The average Bonchev–Trinajstić information content (AvgIpc) is 3.02. The molecule has 0 aromatic carbocycles.